The van der Waals surface area contributed by atoms with Crippen molar-refractivity contribution in [3.8, 4) is 6.07 Å². The number of amides is 1. The molecule has 6 nitrogen and oxygen atoms in total. The van der Waals surface area contributed by atoms with Crippen LogP contribution in [0.1, 0.15) is 24.0 Å². The summed E-state index contributed by atoms with van der Waals surface area (Å²) in [5.41, 5.74) is 5.80. The first kappa shape index (κ1) is 15.1. The summed E-state index contributed by atoms with van der Waals surface area (Å²) in [7, 11) is -3.67. The predicted octanol–water partition coefficient (Wildman–Crippen LogP) is 0.410. The van der Waals surface area contributed by atoms with Crippen LogP contribution in [0.5, 0.6) is 0 Å². The van der Waals surface area contributed by atoms with E-state index >= 15 is 0 Å². The van der Waals surface area contributed by atoms with Crippen LogP contribution in [0.3, 0.4) is 0 Å². The van der Waals surface area contributed by atoms with Gasteiger partial charge in [0.1, 0.15) is 0 Å². The SMILES string of the molecule is Cc1ccc(C#N)cc1S(=O)(=O)NCCCC(N)=O. The number of nitriles is 1. The molecule has 0 spiro atoms. The highest BCUT2D eigenvalue weighted by molar-refractivity contribution is 7.89. The van der Waals surface area contributed by atoms with E-state index < -0.39 is 15.9 Å². The summed E-state index contributed by atoms with van der Waals surface area (Å²) in [6, 6.07) is 6.36. The van der Waals surface area contributed by atoms with Crippen LogP contribution >= 0.6 is 0 Å². The fraction of sp³-hybridized carbons (Fsp3) is 0.333. The fourth-order valence-electron chi connectivity index (χ4n) is 1.51. The van der Waals surface area contributed by atoms with Crippen molar-refractivity contribution in [1.29, 1.82) is 5.26 Å². The van der Waals surface area contributed by atoms with Gasteiger partial charge in [-0.1, -0.05) is 6.07 Å². The molecule has 0 saturated carbocycles. The van der Waals surface area contributed by atoms with Crippen LogP contribution in [-0.2, 0) is 14.8 Å². The number of nitrogens with two attached hydrogens (primary N) is 1. The Labute approximate surface area is 112 Å². The van der Waals surface area contributed by atoms with Gasteiger partial charge in [0, 0.05) is 13.0 Å². The van der Waals surface area contributed by atoms with E-state index in [9.17, 15) is 13.2 Å². The number of primary amides is 1. The van der Waals surface area contributed by atoms with E-state index in [4.69, 9.17) is 11.0 Å². The second-order valence-electron chi connectivity index (χ2n) is 4.06. The van der Waals surface area contributed by atoms with Gasteiger partial charge in [0.25, 0.3) is 0 Å². The molecule has 0 saturated heterocycles. The molecule has 0 heterocycles. The van der Waals surface area contributed by atoms with Gasteiger partial charge in [-0.3, -0.25) is 4.79 Å². The topological polar surface area (TPSA) is 113 Å². The first-order chi connectivity index (χ1) is 8.86. The first-order valence-corrected chi connectivity index (χ1v) is 7.14. The van der Waals surface area contributed by atoms with Crippen LogP contribution in [0.4, 0.5) is 0 Å². The summed E-state index contributed by atoms with van der Waals surface area (Å²) < 4.78 is 26.4. The Morgan fingerprint density at radius 3 is 2.74 bits per heavy atom. The van der Waals surface area contributed by atoms with Gasteiger partial charge in [-0.2, -0.15) is 5.26 Å². The number of nitrogens with zero attached hydrogens (tertiary/aromatic N) is 1. The molecule has 0 fully saturated rings. The molecule has 0 aliphatic heterocycles. The standard InChI is InChI=1S/C12H15N3O3S/c1-9-4-5-10(8-13)7-11(9)19(17,18)15-6-2-3-12(14)16/h4-5,7,15H,2-3,6H2,1H3,(H2,14,16). The Morgan fingerprint density at radius 2 is 2.16 bits per heavy atom. The second kappa shape index (κ2) is 6.31. The third kappa shape index (κ3) is 4.35. The molecule has 1 amide bonds. The molecule has 7 heteroatoms. The van der Waals surface area contributed by atoms with Crippen molar-refractivity contribution < 1.29 is 13.2 Å². The Kier molecular flexibility index (Phi) is 5.03. The zero-order chi connectivity index (χ0) is 14.5. The van der Waals surface area contributed by atoms with Crippen molar-refractivity contribution in [2.45, 2.75) is 24.7 Å². The maximum absolute atomic E-state index is 12.0. The van der Waals surface area contributed by atoms with Gasteiger partial charge in [-0.15, -0.1) is 0 Å². The van der Waals surface area contributed by atoms with Gasteiger partial charge in [0.15, 0.2) is 0 Å². The van der Waals surface area contributed by atoms with Crippen molar-refractivity contribution in [3.05, 3.63) is 29.3 Å². The smallest absolute Gasteiger partial charge is 0.240 e. The van der Waals surface area contributed by atoms with Gasteiger partial charge >= 0.3 is 0 Å². The molecule has 0 aliphatic carbocycles. The minimum Gasteiger partial charge on any atom is -0.370 e. The molecule has 3 N–H and O–H groups in total. The lowest BCUT2D eigenvalue weighted by atomic mass is 10.2. The van der Waals surface area contributed by atoms with Crippen molar-refractivity contribution in [2.75, 3.05) is 6.54 Å². The molecule has 0 bridgehead atoms. The van der Waals surface area contributed by atoms with E-state index in [1.165, 1.54) is 6.07 Å². The molecule has 1 rings (SSSR count). The maximum Gasteiger partial charge on any atom is 0.240 e. The van der Waals surface area contributed by atoms with Gasteiger partial charge in [0.05, 0.1) is 16.5 Å². The molecule has 0 aromatic heterocycles. The van der Waals surface area contributed by atoms with Gasteiger partial charge in [-0.05, 0) is 31.0 Å². The highest BCUT2D eigenvalue weighted by Gasteiger charge is 2.16. The monoisotopic (exact) mass is 281 g/mol. The summed E-state index contributed by atoms with van der Waals surface area (Å²) in [5, 5.41) is 8.78. The molecular formula is C12H15N3O3S. The maximum atomic E-state index is 12.0. The number of hydrogen-bond donors (Lipinski definition) is 2. The highest BCUT2D eigenvalue weighted by atomic mass is 32.2. The van der Waals surface area contributed by atoms with Crippen molar-refractivity contribution >= 4 is 15.9 Å². The summed E-state index contributed by atoms with van der Waals surface area (Å²) in [5.74, 6) is -0.471. The van der Waals surface area contributed by atoms with Crippen LogP contribution in [0.15, 0.2) is 23.1 Å². The molecule has 0 aliphatic rings. The van der Waals surface area contributed by atoms with Crippen molar-refractivity contribution in [1.82, 2.24) is 4.72 Å². The third-order valence-corrected chi connectivity index (χ3v) is 4.10. The summed E-state index contributed by atoms with van der Waals surface area (Å²) in [6.07, 6.45) is 0.464. The van der Waals surface area contributed by atoms with Gasteiger partial charge < -0.3 is 5.73 Å². The predicted molar refractivity (Wildman–Crippen MR) is 69.5 cm³/mol. The van der Waals surface area contributed by atoms with Crippen LogP contribution < -0.4 is 10.5 Å². The van der Waals surface area contributed by atoms with Crippen LogP contribution in [-0.4, -0.2) is 20.9 Å². The van der Waals surface area contributed by atoms with E-state index in [1.54, 1.807) is 19.1 Å². The Hall–Kier alpha value is -1.91. The lowest BCUT2D eigenvalue weighted by Gasteiger charge is -2.09. The lowest BCUT2D eigenvalue weighted by Crippen LogP contribution is -2.26. The average Bonchev–Trinajstić information content (AvgIpc) is 2.35. The minimum atomic E-state index is -3.67. The Balaban J connectivity index is 2.83. The molecule has 0 unspecified atom stereocenters. The van der Waals surface area contributed by atoms with E-state index in [0.29, 0.717) is 12.0 Å². The van der Waals surface area contributed by atoms with Crippen LogP contribution in [0.25, 0.3) is 0 Å². The number of carbonyl (C=O) groups is 1. The number of carbonyl (C=O) groups excluding carboxylic acids is 1. The minimum absolute atomic E-state index is 0.0747. The molecule has 0 atom stereocenters. The number of hydrogen-bond acceptors (Lipinski definition) is 4. The molecular weight excluding hydrogens is 266 g/mol. The largest absolute Gasteiger partial charge is 0.370 e. The first-order valence-electron chi connectivity index (χ1n) is 5.65. The number of benzene rings is 1. The van der Waals surface area contributed by atoms with E-state index in [2.05, 4.69) is 4.72 Å². The molecule has 19 heavy (non-hydrogen) atoms. The van der Waals surface area contributed by atoms with Crippen molar-refractivity contribution in [3.63, 3.8) is 0 Å². The average molecular weight is 281 g/mol. The molecule has 1 aromatic carbocycles. The van der Waals surface area contributed by atoms with E-state index in [-0.39, 0.29) is 23.4 Å². The van der Waals surface area contributed by atoms with Gasteiger partial charge in [0.2, 0.25) is 15.9 Å². The van der Waals surface area contributed by atoms with Gasteiger partial charge in [-0.25, -0.2) is 13.1 Å². The van der Waals surface area contributed by atoms with Crippen LogP contribution in [0.2, 0.25) is 0 Å². The molecule has 102 valence electrons. The number of aryl methyl sites for hydroxylation is 1. The second-order valence-corrected chi connectivity index (χ2v) is 5.80. The lowest BCUT2D eigenvalue weighted by molar-refractivity contribution is -0.118. The summed E-state index contributed by atoms with van der Waals surface area (Å²) >= 11 is 0. The van der Waals surface area contributed by atoms with E-state index in [1.807, 2.05) is 6.07 Å². The number of nitrogens with one attached hydrogen (secondary N) is 1. The zero-order valence-corrected chi connectivity index (χ0v) is 11.3. The fourth-order valence-corrected chi connectivity index (χ4v) is 2.85. The van der Waals surface area contributed by atoms with E-state index in [0.717, 1.165) is 0 Å². The Morgan fingerprint density at radius 1 is 1.47 bits per heavy atom. The molecule has 0 radical (unpaired) electrons. The van der Waals surface area contributed by atoms with Crippen LogP contribution in [0, 0.1) is 18.3 Å². The quantitative estimate of drug-likeness (QED) is 0.735. The summed E-state index contributed by atoms with van der Waals surface area (Å²) in [4.78, 5) is 10.6. The third-order valence-electron chi connectivity index (χ3n) is 2.50. The normalized spacial score (nSPS) is 10.9. The highest BCUT2D eigenvalue weighted by Crippen LogP contribution is 2.16. The number of sulfonamides is 1. The number of rotatable bonds is 6. The van der Waals surface area contributed by atoms with Crippen molar-refractivity contribution in [2.24, 2.45) is 5.73 Å². The summed E-state index contributed by atoms with van der Waals surface area (Å²) in [6.45, 7) is 1.78. The Bertz CT molecular complexity index is 618. The zero-order valence-electron chi connectivity index (χ0n) is 10.5. The molecule has 1 aromatic rings.